The van der Waals surface area contributed by atoms with Gasteiger partial charge in [-0.25, -0.2) is 0 Å². The van der Waals surface area contributed by atoms with Crippen LogP contribution in [0.1, 0.15) is 34.6 Å². The molecule has 2 aromatic carbocycles. The lowest BCUT2D eigenvalue weighted by Gasteiger charge is -2.24. The van der Waals surface area contributed by atoms with Gasteiger partial charge in [0.1, 0.15) is 17.1 Å². The van der Waals surface area contributed by atoms with Crippen molar-refractivity contribution < 1.29 is 19.1 Å². The summed E-state index contributed by atoms with van der Waals surface area (Å²) in [5.74, 6) is 0.361. The van der Waals surface area contributed by atoms with Gasteiger partial charge in [-0.05, 0) is 44.2 Å². The standard InChI is InChI=1S/C22H29N3O4/c1-7-25(8-2)22(27)16-14-15(12-13-17(16)24(3)4)23-21(26)20-18(28-5)10-9-11-19(20)29-6/h9-14H,7-8H2,1-6H3,(H,23,26). The number of carbonyl (C=O) groups excluding carboxylic acids is 2. The van der Waals surface area contributed by atoms with Gasteiger partial charge in [-0.3, -0.25) is 9.59 Å². The minimum atomic E-state index is -0.377. The number of nitrogens with one attached hydrogen (secondary N) is 1. The third kappa shape index (κ3) is 4.80. The van der Waals surface area contributed by atoms with E-state index in [0.717, 1.165) is 5.69 Å². The van der Waals surface area contributed by atoms with E-state index < -0.39 is 0 Å². The van der Waals surface area contributed by atoms with E-state index in [4.69, 9.17) is 9.47 Å². The van der Waals surface area contributed by atoms with Gasteiger partial charge in [0, 0.05) is 38.6 Å². The highest BCUT2D eigenvalue weighted by atomic mass is 16.5. The van der Waals surface area contributed by atoms with E-state index in [-0.39, 0.29) is 11.8 Å². The van der Waals surface area contributed by atoms with E-state index in [9.17, 15) is 9.59 Å². The molecule has 1 N–H and O–H groups in total. The first-order valence-corrected chi connectivity index (χ1v) is 9.50. The number of anilines is 2. The summed E-state index contributed by atoms with van der Waals surface area (Å²) >= 11 is 0. The topological polar surface area (TPSA) is 71.1 Å². The summed E-state index contributed by atoms with van der Waals surface area (Å²) in [6, 6.07) is 10.4. The predicted octanol–water partition coefficient (Wildman–Crippen LogP) is 3.50. The molecule has 0 aromatic heterocycles. The third-order valence-corrected chi connectivity index (χ3v) is 4.67. The molecular formula is C22H29N3O4. The first-order valence-electron chi connectivity index (χ1n) is 9.50. The molecule has 29 heavy (non-hydrogen) atoms. The second-order valence-corrected chi connectivity index (χ2v) is 6.60. The van der Waals surface area contributed by atoms with Crippen LogP contribution < -0.4 is 19.7 Å². The number of ether oxygens (including phenoxy) is 2. The largest absolute Gasteiger partial charge is 0.496 e. The molecule has 0 fully saturated rings. The van der Waals surface area contributed by atoms with Gasteiger partial charge in [0.25, 0.3) is 11.8 Å². The van der Waals surface area contributed by atoms with E-state index in [1.54, 1.807) is 35.2 Å². The number of methoxy groups -OCH3 is 2. The summed E-state index contributed by atoms with van der Waals surface area (Å²) < 4.78 is 10.6. The highest BCUT2D eigenvalue weighted by molar-refractivity contribution is 6.09. The van der Waals surface area contributed by atoms with Gasteiger partial charge in [0.2, 0.25) is 0 Å². The Balaban J connectivity index is 2.43. The van der Waals surface area contributed by atoms with Gasteiger partial charge in [-0.15, -0.1) is 0 Å². The molecule has 2 rings (SSSR count). The Morgan fingerprint density at radius 1 is 0.966 bits per heavy atom. The summed E-state index contributed by atoms with van der Waals surface area (Å²) in [5, 5.41) is 2.86. The SMILES string of the molecule is CCN(CC)C(=O)c1cc(NC(=O)c2c(OC)cccc2OC)ccc1N(C)C. The average Bonchev–Trinajstić information content (AvgIpc) is 2.73. The molecule has 0 saturated carbocycles. The smallest absolute Gasteiger partial charge is 0.263 e. The molecule has 0 saturated heterocycles. The Morgan fingerprint density at radius 3 is 2.03 bits per heavy atom. The number of rotatable bonds is 8. The third-order valence-electron chi connectivity index (χ3n) is 4.67. The molecule has 0 spiro atoms. The van der Waals surface area contributed by atoms with Gasteiger partial charge in [0.15, 0.2) is 0 Å². The van der Waals surface area contributed by atoms with Crippen LogP contribution in [0.3, 0.4) is 0 Å². The normalized spacial score (nSPS) is 10.3. The number of benzene rings is 2. The Bertz CT molecular complexity index is 854. The van der Waals surface area contributed by atoms with E-state index in [1.165, 1.54) is 14.2 Å². The molecule has 0 bridgehead atoms. The first kappa shape index (κ1) is 22.1. The molecule has 2 amide bonds. The van der Waals surface area contributed by atoms with Gasteiger partial charge in [-0.1, -0.05) is 6.07 Å². The van der Waals surface area contributed by atoms with E-state index >= 15 is 0 Å². The van der Waals surface area contributed by atoms with Crippen molar-refractivity contribution in [1.82, 2.24) is 4.90 Å². The summed E-state index contributed by atoms with van der Waals surface area (Å²) in [6.07, 6.45) is 0. The van der Waals surface area contributed by atoms with Crippen molar-refractivity contribution in [2.45, 2.75) is 13.8 Å². The molecule has 7 heteroatoms. The van der Waals surface area contributed by atoms with Crippen molar-refractivity contribution >= 4 is 23.2 Å². The van der Waals surface area contributed by atoms with Crippen molar-refractivity contribution in [3.05, 3.63) is 47.5 Å². The second-order valence-electron chi connectivity index (χ2n) is 6.60. The molecule has 0 aliphatic rings. The summed E-state index contributed by atoms with van der Waals surface area (Å²) in [5.41, 5.74) is 2.13. The van der Waals surface area contributed by atoms with Crippen molar-refractivity contribution in [1.29, 1.82) is 0 Å². The fourth-order valence-electron chi connectivity index (χ4n) is 3.12. The lowest BCUT2D eigenvalue weighted by Crippen LogP contribution is -2.31. The van der Waals surface area contributed by atoms with Gasteiger partial charge < -0.3 is 24.6 Å². The maximum Gasteiger partial charge on any atom is 0.263 e. The summed E-state index contributed by atoms with van der Waals surface area (Å²) in [4.78, 5) is 29.6. The summed E-state index contributed by atoms with van der Waals surface area (Å²) in [7, 11) is 6.76. The van der Waals surface area contributed by atoms with Crippen LogP contribution in [0.2, 0.25) is 0 Å². The zero-order valence-electron chi connectivity index (χ0n) is 17.9. The number of carbonyl (C=O) groups is 2. The Morgan fingerprint density at radius 2 is 1.55 bits per heavy atom. The molecule has 0 radical (unpaired) electrons. The lowest BCUT2D eigenvalue weighted by atomic mass is 10.1. The van der Waals surface area contributed by atoms with Crippen molar-refractivity contribution in [2.24, 2.45) is 0 Å². The number of hydrogen-bond donors (Lipinski definition) is 1. The first-order chi connectivity index (χ1) is 13.9. The number of nitrogens with zero attached hydrogens (tertiary/aromatic N) is 2. The highest BCUT2D eigenvalue weighted by Crippen LogP contribution is 2.30. The van der Waals surface area contributed by atoms with Crippen LogP contribution >= 0.6 is 0 Å². The fourth-order valence-corrected chi connectivity index (χ4v) is 3.12. The zero-order chi connectivity index (χ0) is 21.6. The molecule has 2 aromatic rings. The fraction of sp³-hybridized carbons (Fsp3) is 0.364. The van der Waals surface area contributed by atoms with Gasteiger partial charge in [-0.2, -0.15) is 0 Å². The minimum absolute atomic E-state index is 0.0790. The molecule has 0 aliphatic carbocycles. The minimum Gasteiger partial charge on any atom is -0.496 e. The van der Waals surface area contributed by atoms with Gasteiger partial charge >= 0.3 is 0 Å². The van der Waals surface area contributed by atoms with E-state index in [2.05, 4.69) is 5.32 Å². The quantitative estimate of drug-likeness (QED) is 0.736. The van der Waals surface area contributed by atoms with Crippen LogP contribution in [-0.4, -0.2) is 58.1 Å². The zero-order valence-corrected chi connectivity index (χ0v) is 17.9. The van der Waals surface area contributed by atoms with Crippen LogP contribution in [-0.2, 0) is 0 Å². The molecule has 7 nitrogen and oxygen atoms in total. The second kappa shape index (κ2) is 9.82. The van der Waals surface area contributed by atoms with Crippen molar-refractivity contribution in [3.63, 3.8) is 0 Å². The lowest BCUT2D eigenvalue weighted by molar-refractivity contribution is 0.0773. The Hall–Kier alpha value is -3.22. The Kier molecular flexibility index (Phi) is 7.47. The maximum absolute atomic E-state index is 13.0. The summed E-state index contributed by atoms with van der Waals surface area (Å²) in [6.45, 7) is 5.10. The van der Waals surface area contributed by atoms with Crippen LogP contribution in [0.25, 0.3) is 0 Å². The van der Waals surface area contributed by atoms with Crippen molar-refractivity contribution in [2.75, 3.05) is 51.6 Å². The molecule has 0 aliphatic heterocycles. The number of hydrogen-bond acceptors (Lipinski definition) is 5. The molecule has 0 unspecified atom stereocenters. The highest BCUT2D eigenvalue weighted by Gasteiger charge is 2.21. The Labute approximate surface area is 172 Å². The monoisotopic (exact) mass is 399 g/mol. The average molecular weight is 399 g/mol. The van der Waals surface area contributed by atoms with E-state index in [0.29, 0.717) is 41.4 Å². The predicted molar refractivity (Wildman–Crippen MR) is 116 cm³/mol. The molecule has 156 valence electrons. The number of amides is 2. The van der Waals surface area contributed by atoms with E-state index in [1.807, 2.05) is 38.9 Å². The maximum atomic E-state index is 13.0. The molecular weight excluding hydrogens is 370 g/mol. The molecule has 0 heterocycles. The van der Waals surface area contributed by atoms with Crippen molar-refractivity contribution in [3.8, 4) is 11.5 Å². The van der Waals surface area contributed by atoms with Crippen LogP contribution in [0.15, 0.2) is 36.4 Å². The molecule has 0 atom stereocenters. The van der Waals surface area contributed by atoms with Crippen LogP contribution in [0.5, 0.6) is 11.5 Å². The van der Waals surface area contributed by atoms with Crippen LogP contribution in [0.4, 0.5) is 11.4 Å². The van der Waals surface area contributed by atoms with Gasteiger partial charge in [0.05, 0.1) is 19.8 Å². The van der Waals surface area contributed by atoms with Crippen LogP contribution in [0, 0.1) is 0 Å².